The zero-order valence-electron chi connectivity index (χ0n) is 12.3. The van der Waals surface area contributed by atoms with Crippen molar-refractivity contribution in [2.75, 3.05) is 39.9 Å². The molecule has 0 aromatic rings. The standard InChI is InChI=1S/C14H32N2O/c1-5-14(6-2)16(12-13-17-4)11-9-8-10-15-7-3/h14-15H,5-13H2,1-4H3. The molecule has 1 N–H and O–H groups in total. The highest BCUT2D eigenvalue weighted by atomic mass is 16.5. The molecule has 0 aliphatic heterocycles. The van der Waals surface area contributed by atoms with Gasteiger partial charge in [-0.1, -0.05) is 20.8 Å². The Bertz CT molecular complexity index is 149. The number of rotatable bonds is 12. The topological polar surface area (TPSA) is 24.5 Å². The quantitative estimate of drug-likeness (QED) is 0.534. The molecule has 104 valence electrons. The fourth-order valence-electron chi connectivity index (χ4n) is 2.23. The van der Waals surface area contributed by atoms with Crippen molar-refractivity contribution in [1.82, 2.24) is 10.2 Å². The van der Waals surface area contributed by atoms with Crippen molar-refractivity contribution in [3.05, 3.63) is 0 Å². The molecule has 0 radical (unpaired) electrons. The van der Waals surface area contributed by atoms with Gasteiger partial charge in [-0.05, 0) is 45.3 Å². The monoisotopic (exact) mass is 244 g/mol. The summed E-state index contributed by atoms with van der Waals surface area (Å²) >= 11 is 0. The van der Waals surface area contributed by atoms with Gasteiger partial charge in [0.25, 0.3) is 0 Å². The second kappa shape index (κ2) is 12.3. The van der Waals surface area contributed by atoms with Crippen LogP contribution in [0.1, 0.15) is 46.5 Å². The van der Waals surface area contributed by atoms with Gasteiger partial charge in [-0.3, -0.25) is 4.90 Å². The first-order valence-corrected chi connectivity index (χ1v) is 7.23. The lowest BCUT2D eigenvalue weighted by molar-refractivity contribution is 0.114. The van der Waals surface area contributed by atoms with Crippen LogP contribution in [0.5, 0.6) is 0 Å². The number of ether oxygens (including phenoxy) is 1. The fourth-order valence-corrected chi connectivity index (χ4v) is 2.23. The molecular formula is C14H32N2O. The Labute approximate surface area is 108 Å². The second-order valence-electron chi connectivity index (χ2n) is 4.56. The molecule has 0 aromatic heterocycles. The van der Waals surface area contributed by atoms with Crippen LogP contribution in [0.3, 0.4) is 0 Å². The minimum absolute atomic E-state index is 0.726. The third-order valence-corrected chi connectivity index (χ3v) is 3.34. The first kappa shape index (κ1) is 16.9. The number of hydrogen-bond donors (Lipinski definition) is 1. The van der Waals surface area contributed by atoms with Crippen LogP contribution in [-0.2, 0) is 4.74 Å². The van der Waals surface area contributed by atoms with Crippen LogP contribution in [0.25, 0.3) is 0 Å². The maximum Gasteiger partial charge on any atom is 0.0589 e. The first-order valence-electron chi connectivity index (χ1n) is 7.23. The molecule has 0 heterocycles. The summed E-state index contributed by atoms with van der Waals surface area (Å²) in [5.41, 5.74) is 0. The molecule has 0 aliphatic rings. The molecule has 3 nitrogen and oxygen atoms in total. The Kier molecular flexibility index (Phi) is 12.3. The van der Waals surface area contributed by atoms with Crippen LogP contribution in [-0.4, -0.2) is 50.8 Å². The van der Waals surface area contributed by atoms with E-state index in [0.717, 1.165) is 32.3 Å². The van der Waals surface area contributed by atoms with Crippen molar-refractivity contribution in [2.24, 2.45) is 0 Å². The molecule has 0 aromatic carbocycles. The Morgan fingerprint density at radius 2 is 1.76 bits per heavy atom. The molecule has 0 saturated heterocycles. The Hall–Kier alpha value is -0.120. The predicted octanol–water partition coefficient (Wildman–Crippen LogP) is 2.51. The summed E-state index contributed by atoms with van der Waals surface area (Å²) in [4.78, 5) is 2.59. The van der Waals surface area contributed by atoms with E-state index in [4.69, 9.17) is 4.74 Å². The van der Waals surface area contributed by atoms with E-state index < -0.39 is 0 Å². The van der Waals surface area contributed by atoms with Crippen molar-refractivity contribution in [1.29, 1.82) is 0 Å². The summed E-state index contributed by atoms with van der Waals surface area (Å²) in [5, 5.41) is 3.38. The van der Waals surface area contributed by atoms with Crippen LogP contribution in [0.4, 0.5) is 0 Å². The molecule has 0 bridgehead atoms. The largest absolute Gasteiger partial charge is 0.383 e. The summed E-state index contributed by atoms with van der Waals surface area (Å²) in [6.07, 6.45) is 5.05. The molecule has 17 heavy (non-hydrogen) atoms. The Balaban J connectivity index is 3.83. The van der Waals surface area contributed by atoms with Crippen molar-refractivity contribution < 1.29 is 4.74 Å². The lowest BCUT2D eigenvalue weighted by atomic mass is 10.1. The molecule has 0 rings (SSSR count). The van der Waals surface area contributed by atoms with Crippen molar-refractivity contribution in [2.45, 2.75) is 52.5 Å². The third-order valence-electron chi connectivity index (χ3n) is 3.34. The van der Waals surface area contributed by atoms with E-state index in [1.165, 1.54) is 32.2 Å². The van der Waals surface area contributed by atoms with Gasteiger partial charge in [-0.15, -0.1) is 0 Å². The first-order chi connectivity index (χ1) is 8.29. The van der Waals surface area contributed by atoms with Gasteiger partial charge in [-0.2, -0.15) is 0 Å². The van der Waals surface area contributed by atoms with Crippen LogP contribution < -0.4 is 5.32 Å². The SMILES string of the molecule is CCNCCCCN(CCOC)C(CC)CC. The van der Waals surface area contributed by atoms with Gasteiger partial charge in [0.1, 0.15) is 0 Å². The summed E-state index contributed by atoms with van der Waals surface area (Å²) in [6, 6.07) is 0.726. The average Bonchev–Trinajstić information content (AvgIpc) is 2.36. The lowest BCUT2D eigenvalue weighted by Crippen LogP contribution is -2.38. The second-order valence-corrected chi connectivity index (χ2v) is 4.56. The number of methoxy groups -OCH3 is 1. The molecule has 3 heteroatoms. The fraction of sp³-hybridized carbons (Fsp3) is 1.00. The Morgan fingerprint density at radius 3 is 2.29 bits per heavy atom. The van der Waals surface area contributed by atoms with E-state index in [0.29, 0.717) is 0 Å². The normalized spacial score (nSPS) is 11.6. The van der Waals surface area contributed by atoms with Crippen molar-refractivity contribution >= 4 is 0 Å². The van der Waals surface area contributed by atoms with Crippen LogP contribution in [0.15, 0.2) is 0 Å². The molecule has 0 fully saturated rings. The predicted molar refractivity (Wildman–Crippen MR) is 75.6 cm³/mol. The van der Waals surface area contributed by atoms with Gasteiger partial charge >= 0.3 is 0 Å². The number of hydrogen-bond acceptors (Lipinski definition) is 3. The van der Waals surface area contributed by atoms with E-state index in [1.54, 1.807) is 7.11 Å². The van der Waals surface area contributed by atoms with Gasteiger partial charge in [0.15, 0.2) is 0 Å². The number of nitrogens with zero attached hydrogens (tertiary/aromatic N) is 1. The maximum absolute atomic E-state index is 5.20. The molecular weight excluding hydrogens is 212 g/mol. The van der Waals surface area contributed by atoms with Crippen molar-refractivity contribution in [3.63, 3.8) is 0 Å². The van der Waals surface area contributed by atoms with Crippen LogP contribution in [0, 0.1) is 0 Å². The minimum atomic E-state index is 0.726. The molecule has 0 spiro atoms. The van der Waals surface area contributed by atoms with Gasteiger partial charge in [0.05, 0.1) is 6.61 Å². The van der Waals surface area contributed by atoms with E-state index in [9.17, 15) is 0 Å². The van der Waals surface area contributed by atoms with Gasteiger partial charge in [0.2, 0.25) is 0 Å². The number of nitrogens with one attached hydrogen (secondary N) is 1. The molecule has 0 saturated carbocycles. The van der Waals surface area contributed by atoms with Gasteiger partial charge in [-0.25, -0.2) is 0 Å². The van der Waals surface area contributed by atoms with E-state index in [2.05, 4.69) is 31.0 Å². The highest BCUT2D eigenvalue weighted by Gasteiger charge is 2.13. The molecule has 0 aliphatic carbocycles. The van der Waals surface area contributed by atoms with Gasteiger partial charge < -0.3 is 10.1 Å². The zero-order chi connectivity index (χ0) is 12.9. The summed E-state index contributed by atoms with van der Waals surface area (Å²) in [5.74, 6) is 0. The lowest BCUT2D eigenvalue weighted by Gasteiger charge is -2.30. The average molecular weight is 244 g/mol. The smallest absolute Gasteiger partial charge is 0.0589 e. The molecule has 0 atom stereocenters. The maximum atomic E-state index is 5.20. The van der Waals surface area contributed by atoms with Gasteiger partial charge in [0, 0.05) is 19.7 Å². The van der Waals surface area contributed by atoms with E-state index in [-0.39, 0.29) is 0 Å². The van der Waals surface area contributed by atoms with E-state index >= 15 is 0 Å². The summed E-state index contributed by atoms with van der Waals surface area (Å²) in [6.45, 7) is 12.1. The molecule has 0 amide bonds. The summed E-state index contributed by atoms with van der Waals surface area (Å²) in [7, 11) is 1.79. The highest BCUT2D eigenvalue weighted by Crippen LogP contribution is 2.09. The molecule has 0 unspecified atom stereocenters. The van der Waals surface area contributed by atoms with E-state index in [1.807, 2.05) is 0 Å². The number of unbranched alkanes of at least 4 members (excludes halogenated alkanes) is 1. The Morgan fingerprint density at radius 1 is 1.06 bits per heavy atom. The van der Waals surface area contributed by atoms with Crippen LogP contribution >= 0.6 is 0 Å². The van der Waals surface area contributed by atoms with Crippen LogP contribution in [0.2, 0.25) is 0 Å². The zero-order valence-corrected chi connectivity index (χ0v) is 12.3. The minimum Gasteiger partial charge on any atom is -0.383 e. The summed E-state index contributed by atoms with van der Waals surface area (Å²) < 4.78 is 5.20. The van der Waals surface area contributed by atoms with Crippen molar-refractivity contribution in [3.8, 4) is 0 Å². The highest BCUT2D eigenvalue weighted by molar-refractivity contribution is 4.69. The third kappa shape index (κ3) is 8.58.